The smallest absolute Gasteiger partial charge is 0.0786 e. The highest BCUT2D eigenvalue weighted by atomic mass is 79.9. The number of quaternary nitrogens is 1. The Hall–Kier alpha value is 0.790. The number of thiol groups is 1. The molecule has 0 saturated carbocycles. The van der Waals surface area contributed by atoms with Crippen molar-refractivity contribution in [3.8, 4) is 0 Å². The minimum atomic E-state index is 0. The van der Waals surface area contributed by atoms with E-state index in [-0.39, 0.29) is 17.0 Å². The molecule has 0 N–H and O–H groups in total. The quantitative estimate of drug-likeness (QED) is 0.305. The summed E-state index contributed by atoms with van der Waals surface area (Å²) in [7, 11) is 2.46. The lowest BCUT2D eigenvalue weighted by molar-refractivity contribution is -0.897. The van der Waals surface area contributed by atoms with Gasteiger partial charge in [0.25, 0.3) is 0 Å². The molecule has 1 nitrogen and oxygen atoms in total. The van der Waals surface area contributed by atoms with E-state index >= 15 is 0 Å². The van der Waals surface area contributed by atoms with Gasteiger partial charge in [-0.2, -0.15) is 12.6 Å². The van der Waals surface area contributed by atoms with Crippen LogP contribution in [0.2, 0.25) is 0 Å². The Bertz CT molecular complexity index is 205. The van der Waals surface area contributed by atoms with Gasteiger partial charge in [-0.15, -0.1) is 0 Å². The molecule has 0 aromatic heterocycles. The van der Waals surface area contributed by atoms with Gasteiger partial charge in [-0.05, 0) is 25.0 Å². The lowest BCUT2D eigenvalue weighted by Gasteiger charge is -2.29. The van der Waals surface area contributed by atoms with E-state index in [2.05, 4.69) is 19.7 Å². The Morgan fingerprint density at radius 3 is 1.55 bits per heavy atom. The summed E-state index contributed by atoms with van der Waals surface area (Å²) in [6, 6.07) is 0. The maximum atomic E-state index is 4.25. The zero-order valence-corrected chi connectivity index (χ0v) is 16.1. The fourth-order valence-electron chi connectivity index (χ4n) is 3.34. The average Bonchev–Trinajstić information content (AvgIpc) is 2.83. The van der Waals surface area contributed by atoms with Crippen LogP contribution in [-0.4, -0.2) is 36.9 Å². The van der Waals surface area contributed by atoms with Gasteiger partial charge in [-0.3, -0.25) is 0 Å². The fourth-order valence-corrected chi connectivity index (χ4v) is 3.57. The molecule has 3 heteroatoms. The van der Waals surface area contributed by atoms with E-state index in [0.29, 0.717) is 0 Å². The summed E-state index contributed by atoms with van der Waals surface area (Å²) >= 11 is 4.25. The minimum Gasteiger partial charge on any atom is -1.00 e. The molecule has 0 aromatic rings. The van der Waals surface area contributed by atoms with Crippen molar-refractivity contribution in [2.24, 2.45) is 0 Å². The molecule has 20 heavy (non-hydrogen) atoms. The monoisotopic (exact) mass is 365 g/mol. The molecule has 0 radical (unpaired) electrons. The molecule has 0 spiro atoms. The number of hydrogen-bond acceptors (Lipinski definition) is 1. The third-order valence-electron chi connectivity index (χ3n) is 4.75. The summed E-state index contributed by atoms with van der Waals surface area (Å²) < 4.78 is 1.37. The summed E-state index contributed by atoms with van der Waals surface area (Å²) in [6.45, 7) is 4.31. The minimum absolute atomic E-state index is 0. The Morgan fingerprint density at radius 2 is 1.10 bits per heavy atom. The average molecular weight is 366 g/mol. The van der Waals surface area contributed by atoms with E-state index in [9.17, 15) is 0 Å². The predicted molar refractivity (Wildman–Crippen MR) is 90.0 cm³/mol. The largest absolute Gasteiger partial charge is 1.00 e. The number of nitrogens with zero attached hydrogens (tertiary/aromatic N) is 1. The number of unbranched alkanes of at least 4 members (excludes halogenated alkanes) is 9. The molecule has 0 aromatic carbocycles. The molecule has 122 valence electrons. The zero-order chi connectivity index (χ0) is 13.8. The SMILES string of the molecule is C[N+]1(CCCCCCCCCCCCS)CCCC1.[Br-]. The summed E-state index contributed by atoms with van der Waals surface area (Å²) in [5.41, 5.74) is 0. The molecule has 1 aliphatic rings. The molecule has 0 unspecified atom stereocenters. The number of likely N-dealkylation sites (tertiary alicyclic amines) is 1. The van der Waals surface area contributed by atoms with Crippen LogP contribution in [0.4, 0.5) is 0 Å². The maximum Gasteiger partial charge on any atom is 0.0786 e. The number of halogens is 1. The van der Waals surface area contributed by atoms with Gasteiger partial charge in [0.1, 0.15) is 0 Å². The molecular formula is C17H36BrNS. The normalized spacial score (nSPS) is 17.1. The molecule has 1 aliphatic heterocycles. The molecule has 1 saturated heterocycles. The van der Waals surface area contributed by atoms with Gasteiger partial charge in [0.15, 0.2) is 0 Å². The van der Waals surface area contributed by atoms with E-state index in [4.69, 9.17) is 0 Å². The Balaban J connectivity index is 0.00000361. The topological polar surface area (TPSA) is 0 Å². The third-order valence-corrected chi connectivity index (χ3v) is 5.07. The lowest BCUT2D eigenvalue weighted by Crippen LogP contribution is -3.00. The van der Waals surface area contributed by atoms with Crippen molar-refractivity contribution in [3.63, 3.8) is 0 Å². The van der Waals surface area contributed by atoms with Gasteiger partial charge in [-0.1, -0.05) is 44.9 Å². The van der Waals surface area contributed by atoms with Crippen LogP contribution in [0, 0.1) is 0 Å². The Labute approximate surface area is 143 Å². The second-order valence-electron chi connectivity index (χ2n) is 6.76. The highest BCUT2D eigenvalue weighted by Crippen LogP contribution is 2.18. The van der Waals surface area contributed by atoms with Crippen molar-refractivity contribution in [1.82, 2.24) is 0 Å². The zero-order valence-electron chi connectivity index (χ0n) is 13.6. The Morgan fingerprint density at radius 1 is 0.700 bits per heavy atom. The standard InChI is InChI=1S/C17H35NS.BrH/c1-18(15-11-12-16-18)14-10-8-6-4-2-3-5-7-9-13-17-19;/h2-17H2,1H3;1H. The lowest BCUT2D eigenvalue weighted by atomic mass is 10.1. The van der Waals surface area contributed by atoms with Gasteiger partial charge >= 0.3 is 0 Å². The summed E-state index contributed by atoms with van der Waals surface area (Å²) in [5.74, 6) is 1.07. The van der Waals surface area contributed by atoms with Gasteiger partial charge in [-0.25, -0.2) is 0 Å². The summed E-state index contributed by atoms with van der Waals surface area (Å²) in [6.07, 6.45) is 17.3. The van der Waals surface area contributed by atoms with Crippen LogP contribution in [0.5, 0.6) is 0 Å². The van der Waals surface area contributed by atoms with E-state index in [1.54, 1.807) is 0 Å². The van der Waals surface area contributed by atoms with Crippen molar-refractivity contribution in [1.29, 1.82) is 0 Å². The second-order valence-corrected chi connectivity index (χ2v) is 7.20. The number of hydrogen-bond donors (Lipinski definition) is 1. The molecule has 0 atom stereocenters. The first-order chi connectivity index (χ1) is 9.27. The predicted octanol–water partition coefficient (Wildman–Crippen LogP) is 2.06. The second kappa shape index (κ2) is 13.5. The van der Waals surface area contributed by atoms with Gasteiger partial charge in [0.2, 0.25) is 0 Å². The van der Waals surface area contributed by atoms with E-state index in [1.165, 1.54) is 101 Å². The molecular weight excluding hydrogens is 330 g/mol. The van der Waals surface area contributed by atoms with Gasteiger partial charge in [0, 0.05) is 12.8 Å². The van der Waals surface area contributed by atoms with Crippen LogP contribution in [0.1, 0.15) is 77.0 Å². The van der Waals surface area contributed by atoms with Crippen molar-refractivity contribution in [2.75, 3.05) is 32.4 Å². The first kappa shape index (κ1) is 20.8. The first-order valence-corrected chi connectivity index (χ1v) is 9.34. The molecule has 1 fully saturated rings. The molecule has 0 amide bonds. The molecule has 0 aliphatic carbocycles. The maximum absolute atomic E-state index is 4.25. The van der Waals surface area contributed by atoms with Gasteiger partial charge in [0.05, 0.1) is 26.7 Å². The molecule has 1 rings (SSSR count). The van der Waals surface area contributed by atoms with Crippen LogP contribution >= 0.6 is 12.6 Å². The fraction of sp³-hybridized carbons (Fsp3) is 1.00. The van der Waals surface area contributed by atoms with Crippen molar-refractivity contribution in [3.05, 3.63) is 0 Å². The first-order valence-electron chi connectivity index (χ1n) is 8.71. The van der Waals surface area contributed by atoms with Crippen LogP contribution < -0.4 is 17.0 Å². The van der Waals surface area contributed by atoms with Crippen molar-refractivity contribution in [2.45, 2.75) is 77.0 Å². The van der Waals surface area contributed by atoms with Crippen LogP contribution in [0.25, 0.3) is 0 Å². The molecule has 0 bridgehead atoms. The molecule has 1 heterocycles. The van der Waals surface area contributed by atoms with Gasteiger partial charge < -0.3 is 21.5 Å². The van der Waals surface area contributed by atoms with Crippen LogP contribution in [-0.2, 0) is 0 Å². The number of rotatable bonds is 12. The highest BCUT2D eigenvalue weighted by Gasteiger charge is 2.25. The Kier molecular flexibility index (Phi) is 14.0. The third kappa shape index (κ3) is 10.5. The van der Waals surface area contributed by atoms with Crippen LogP contribution in [0.3, 0.4) is 0 Å². The van der Waals surface area contributed by atoms with Crippen molar-refractivity contribution < 1.29 is 21.5 Å². The van der Waals surface area contributed by atoms with Crippen LogP contribution in [0.15, 0.2) is 0 Å². The van der Waals surface area contributed by atoms with E-state index < -0.39 is 0 Å². The van der Waals surface area contributed by atoms with E-state index in [0.717, 1.165) is 5.75 Å². The van der Waals surface area contributed by atoms with E-state index in [1.807, 2.05) is 0 Å². The van der Waals surface area contributed by atoms with Crippen molar-refractivity contribution >= 4 is 12.6 Å². The highest BCUT2D eigenvalue weighted by molar-refractivity contribution is 7.80. The summed E-state index contributed by atoms with van der Waals surface area (Å²) in [4.78, 5) is 0. The summed E-state index contributed by atoms with van der Waals surface area (Å²) in [5, 5.41) is 0.